The molecule has 3 rings (SSSR count). The van der Waals surface area contributed by atoms with Crippen LogP contribution in [0.5, 0.6) is 0 Å². The molecule has 0 bridgehead atoms. The molecule has 1 unspecified atom stereocenters. The number of pyridine rings is 1. The van der Waals surface area contributed by atoms with Gasteiger partial charge in [-0.3, -0.25) is 0 Å². The van der Waals surface area contributed by atoms with Crippen molar-refractivity contribution in [1.82, 2.24) is 14.7 Å². The first-order valence-electron chi connectivity index (χ1n) is 5.67. The quantitative estimate of drug-likeness (QED) is 0.812. The maximum atomic E-state index is 11.0. The number of aromatic nitrogens is 2. The van der Waals surface area contributed by atoms with Crippen molar-refractivity contribution in [3.05, 3.63) is 35.9 Å². The minimum atomic E-state index is -0.906. The number of hydrogen-bond acceptors (Lipinski definition) is 3. The van der Waals surface area contributed by atoms with E-state index in [1.165, 1.54) is 0 Å². The number of carboxylic acids is 1. The van der Waals surface area contributed by atoms with E-state index in [0.29, 0.717) is 11.5 Å². The van der Waals surface area contributed by atoms with Gasteiger partial charge in [0.25, 0.3) is 0 Å². The highest BCUT2D eigenvalue weighted by Crippen LogP contribution is 2.22. The lowest BCUT2D eigenvalue weighted by Gasteiger charge is -2.07. The van der Waals surface area contributed by atoms with Crippen LogP contribution in [0.4, 0.5) is 0 Å². The van der Waals surface area contributed by atoms with Gasteiger partial charge in [0.2, 0.25) is 0 Å². The normalized spacial score (nSPS) is 19.9. The van der Waals surface area contributed by atoms with E-state index in [0.717, 1.165) is 30.9 Å². The van der Waals surface area contributed by atoms with Crippen LogP contribution in [0.15, 0.2) is 24.5 Å². The number of nitrogens with zero attached hydrogens (tertiary/aromatic N) is 2. The molecule has 1 aliphatic heterocycles. The van der Waals surface area contributed by atoms with Crippen LogP contribution in [0, 0.1) is 0 Å². The van der Waals surface area contributed by atoms with Gasteiger partial charge in [-0.2, -0.15) is 0 Å². The van der Waals surface area contributed by atoms with E-state index in [1.54, 1.807) is 24.5 Å². The zero-order valence-electron chi connectivity index (χ0n) is 9.26. The fourth-order valence-corrected chi connectivity index (χ4v) is 2.31. The summed E-state index contributed by atoms with van der Waals surface area (Å²) in [6.45, 7) is 1.91. The van der Waals surface area contributed by atoms with Crippen molar-refractivity contribution in [3.63, 3.8) is 0 Å². The van der Waals surface area contributed by atoms with Crippen LogP contribution in [0.25, 0.3) is 5.52 Å². The molecule has 0 aliphatic carbocycles. The lowest BCUT2D eigenvalue weighted by atomic mass is 10.1. The third-order valence-electron chi connectivity index (χ3n) is 3.23. The van der Waals surface area contributed by atoms with Crippen molar-refractivity contribution < 1.29 is 9.90 Å². The number of rotatable bonds is 2. The Morgan fingerprint density at radius 1 is 1.53 bits per heavy atom. The monoisotopic (exact) mass is 231 g/mol. The summed E-state index contributed by atoms with van der Waals surface area (Å²) < 4.78 is 1.89. The lowest BCUT2D eigenvalue weighted by Crippen LogP contribution is -2.10. The zero-order chi connectivity index (χ0) is 11.8. The van der Waals surface area contributed by atoms with Crippen LogP contribution in [0.2, 0.25) is 0 Å². The molecule has 0 spiro atoms. The van der Waals surface area contributed by atoms with Gasteiger partial charge in [0.1, 0.15) is 5.82 Å². The fourth-order valence-electron chi connectivity index (χ4n) is 2.31. The van der Waals surface area contributed by atoms with Crippen molar-refractivity contribution in [2.24, 2.45) is 0 Å². The van der Waals surface area contributed by atoms with Gasteiger partial charge in [-0.05, 0) is 25.1 Å². The minimum absolute atomic E-state index is 0.294. The van der Waals surface area contributed by atoms with Crippen molar-refractivity contribution >= 4 is 11.5 Å². The van der Waals surface area contributed by atoms with E-state index in [9.17, 15) is 4.79 Å². The second kappa shape index (κ2) is 3.85. The average Bonchev–Trinajstić information content (AvgIpc) is 2.96. The van der Waals surface area contributed by atoms with Crippen LogP contribution in [-0.4, -0.2) is 33.6 Å². The Morgan fingerprint density at radius 3 is 3.12 bits per heavy atom. The van der Waals surface area contributed by atoms with Gasteiger partial charge in [-0.15, -0.1) is 0 Å². The molecule has 0 aromatic carbocycles. The number of carbonyl (C=O) groups is 1. The molecule has 5 heteroatoms. The number of carboxylic acid groups (broad SMARTS) is 1. The zero-order valence-corrected chi connectivity index (χ0v) is 9.26. The maximum absolute atomic E-state index is 11.0. The van der Waals surface area contributed by atoms with Crippen LogP contribution in [0.1, 0.15) is 28.5 Å². The van der Waals surface area contributed by atoms with E-state index in [4.69, 9.17) is 5.11 Å². The summed E-state index contributed by atoms with van der Waals surface area (Å²) in [5, 5.41) is 12.3. The Balaban J connectivity index is 2.11. The molecule has 1 atom stereocenters. The first-order valence-corrected chi connectivity index (χ1v) is 5.67. The smallest absolute Gasteiger partial charge is 0.337 e. The Morgan fingerprint density at radius 2 is 2.41 bits per heavy atom. The lowest BCUT2D eigenvalue weighted by molar-refractivity contribution is 0.0696. The highest BCUT2D eigenvalue weighted by molar-refractivity contribution is 5.87. The van der Waals surface area contributed by atoms with Crippen LogP contribution >= 0.6 is 0 Å². The highest BCUT2D eigenvalue weighted by Gasteiger charge is 2.21. The molecular formula is C12H13N3O2. The SMILES string of the molecule is O=C(O)c1ccc2cnc(C3CCNC3)n2c1. The second-order valence-electron chi connectivity index (χ2n) is 4.32. The third kappa shape index (κ3) is 1.68. The molecule has 0 amide bonds. The fraction of sp³-hybridized carbons (Fsp3) is 0.333. The van der Waals surface area contributed by atoms with Gasteiger partial charge in [0.15, 0.2) is 0 Å². The topological polar surface area (TPSA) is 66.6 Å². The summed E-state index contributed by atoms with van der Waals surface area (Å²) in [6, 6.07) is 3.40. The highest BCUT2D eigenvalue weighted by atomic mass is 16.4. The van der Waals surface area contributed by atoms with E-state index >= 15 is 0 Å². The number of hydrogen-bond donors (Lipinski definition) is 2. The molecule has 3 heterocycles. The second-order valence-corrected chi connectivity index (χ2v) is 4.32. The van der Waals surface area contributed by atoms with Crippen LogP contribution in [-0.2, 0) is 0 Å². The van der Waals surface area contributed by atoms with E-state index in [1.807, 2.05) is 4.40 Å². The molecule has 2 aromatic rings. The number of fused-ring (bicyclic) bond motifs is 1. The van der Waals surface area contributed by atoms with Crippen molar-refractivity contribution in [1.29, 1.82) is 0 Å². The summed E-state index contributed by atoms with van der Waals surface area (Å²) in [6.07, 6.45) is 4.49. The summed E-state index contributed by atoms with van der Waals surface area (Å²) in [4.78, 5) is 15.4. The van der Waals surface area contributed by atoms with Gasteiger partial charge >= 0.3 is 5.97 Å². The predicted molar refractivity (Wildman–Crippen MR) is 62.4 cm³/mol. The van der Waals surface area contributed by atoms with E-state index < -0.39 is 5.97 Å². The molecule has 1 aliphatic rings. The standard InChI is InChI=1S/C12H13N3O2/c16-12(17)9-1-2-10-6-14-11(15(10)7-9)8-3-4-13-5-8/h1-2,6-8,13H,3-5H2,(H,16,17). The van der Waals surface area contributed by atoms with Gasteiger partial charge < -0.3 is 14.8 Å². The molecule has 5 nitrogen and oxygen atoms in total. The van der Waals surface area contributed by atoms with E-state index in [2.05, 4.69) is 10.3 Å². The number of imidazole rings is 1. The summed E-state index contributed by atoms with van der Waals surface area (Å²) in [5.74, 6) is 0.422. The first-order chi connectivity index (χ1) is 8.25. The summed E-state index contributed by atoms with van der Waals surface area (Å²) in [5.41, 5.74) is 1.24. The number of nitrogens with one attached hydrogen (secondary N) is 1. The van der Waals surface area contributed by atoms with Gasteiger partial charge in [0, 0.05) is 18.7 Å². The van der Waals surface area contributed by atoms with E-state index in [-0.39, 0.29) is 0 Å². The molecule has 1 fully saturated rings. The molecule has 2 aromatic heterocycles. The average molecular weight is 231 g/mol. The molecule has 1 saturated heterocycles. The molecule has 88 valence electrons. The Labute approximate surface area is 98.1 Å². The first kappa shape index (κ1) is 10.3. The Bertz CT molecular complexity index is 570. The summed E-state index contributed by atoms with van der Waals surface area (Å²) >= 11 is 0. The largest absolute Gasteiger partial charge is 0.478 e. The van der Waals surface area contributed by atoms with Crippen molar-refractivity contribution in [2.75, 3.05) is 13.1 Å². The van der Waals surface area contributed by atoms with Crippen molar-refractivity contribution in [2.45, 2.75) is 12.3 Å². The molecule has 0 saturated carbocycles. The Kier molecular flexibility index (Phi) is 2.33. The van der Waals surface area contributed by atoms with Crippen LogP contribution < -0.4 is 5.32 Å². The van der Waals surface area contributed by atoms with Gasteiger partial charge in [-0.25, -0.2) is 9.78 Å². The summed E-state index contributed by atoms with van der Waals surface area (Å²) in [7, 11) is 0. The van der Waals surface area contributed by atoms with Crippen molar-refractivity contribution in [3.8, 4) is 0 Å². The van der Waals surface area contributed by atoms with Gasteiger partial charge in [-0.1, -0.05) is 0 Å². The third-order valence-corrected chi connectivity index (χ3v) is 3.23. The van der Waals surface area contributed by atoms with Crippen LogP contribution in [0.3, 0.4) is 0 Å². The molecule has 0 radical (unpaired) electrons. The predicted octanol–water partition coefficient (Wildman–Crippen LogP) is 1.11. The maximum Gasteiger partial charge on any atom is 0.337 e. The molecule has 17 heavy (non-hydrogen) atoms. The molecular weight excluding hydrogens is 218 g/mol. The number of aromatic carboxylic acids is 1. The molecule has 2 N–H and O–H groups in total. The Hall–Kier alpha value is -1.88. The van der Waals surface area contributed by atoms with Gasteiger partial charge in [0.05, 0.1) is 17.3 Å². The minimum Gasteiger partial charge on any atom is -0.478 e.